The third-order valence-corrected chi connectivity index (χ3v) is 7.36. The van der Waals surface area contributed by atoms with Crippen LogP contribution in [-0.4, -0.2) is 62.0 Å². The number of likely N-dealkylation sites (tertiary alicyclic amines) is 1. The summed E-state index contributed by atoms with van der Waals surface area (Å²) in [6, 6.07) is 4.31. The first kappa shape index (κ1) is 23.9. The van der Waals surface area contributed by atoms with Gasteiger partial charge in [0.1, 0.15) is 0 Å². The molecule has 2 N–H and O–H groups in total. The maximum absolute atomic E-state index is 13.0. The van der Waals surface area contributed by atoms with Crippen molar-refractivity contribution in [2.45, 2.75) is 59.0 Å². The van der Waals surface area contributed by atoms with Crippen molar-refractivity contribution in [3.63, 3.8) is 0 Å². The SMILES string of the molecule is CCN1CCC(N(C)c2cc(Cl)cc(C(=O)NCC3C(=O)NC(C)CC3C)c2C)CC1. The number of carbonyl (C=O) groups excluding carboxylic acids is 2. The van der Waals surface area contributed by atoms with Gasteiger partial charge < -0.3 is 20.4 Å². The first-order valence-electron chi connectivity index (χ1n) is 11.5. The van der Waals surface area contributed by atoms with Crippen molar-refractivity contribution in [3.8, 4) is 0 Å². The van der Waals surface area contributed by atoms with Crippen molar-refractivity contribution in [1.82, 2.24) is 15.5 Å². The van der Waals surface area contributed by atoms with Crippen LogP contribution in [0.15, 0.2) is 12.1 Å². The minimum atomic E-state index is -0.203. The highest BCUT2D eigenvalue weighted by atomic mass is 35.5. The normalized spacial score (nSPS) is 25.2. The third kappa shape index (κ3) is 5.53. The molecule has 2 fully saturated rings. The molecular weight excluding hydrogens is 412 g/mol. The molecule has 0 aliphatic carbocycles. The van der Waals surface area contributed by atoms with Crippen LogP contribution >= 0.6 is 11.6 Å². The number of amides is 2. The number of nitrogens with one attached hydrogen (secondary N) is 2. The molecule has 2 aliphatic rings. The molecule has 0 saturated carbocycles. The van der Waals surface area contributed by atoms with Crippen LogP contribution in [0.2, 0.25) is 5.02 Å². The molecule has 1 aromatic rings. The predicted molar refractivity (Wildman–Crippen MR) is 127 cm³/mol. The average molecular weight is 449 g/mol. The molecule has 1 aromatic carbocycles. The Hall–Kier alpha value is -1.79. The Kier molecular flexibility index (Phi) is 7.87. The molecule has 0 aromatic heterocycles. The molecule has 7 heteroatoms. The quantitative estimate of drug-likeness (QED) is 0.699. The van der Waals surface area contributed by atoms with E-state index in [0.717, 1.165) is 50.1 Å². The van der Waals surface area contributed by atoms with Gasteiger partial charge in [0.15, 0.2) is 0 Å². The zero-order valence-electron chi connectivity index (χ0n) is 19.5. The number of hydrogen-bond donors (Lipinski definition) is 2. The van der Waals surface area contributed by atoms with Gasteiger partial charge in [-0.2, -0.15) is 0 Å². The van der Waals surface area contributed by atoms with Crippen LogP contribution in [0.1, 0.15) is 56.0 Å². The smallest absolute Gasteiger partial charge is 0.251 e. The number of anilines is 1. The lowest BCUT2D eigenvalue weighted by Gasteiger charge is -2.38. The fourth-order valence-electron chi connectivity index (χ4n) is 5.07. The molecule has 3 rings (SSSR count). The van der Waals surface area contributed by atoms with Gasteiger partial charge in [-0.15, -0.1) is 0 Å². The number of hydrogen-bond acceptors (Lipinski definition) is 4. The lowest BCUT2D eigenvalue weighted by molar-refractivity contribution is -0.129. The van der Waals surface area contributed by atoms with E-state index in [2.05, 4.69) is 41.3 Å². The second-order valence-corrected chi connectivity index (χ2v) is 9.75. The number of benzene rings is 1. The summed E-state index contributed by atoms with van der Waals surface area (Å²) in [5.74, 6) is -0.118. The molecule has 2 aliphatic heterocycles. The zero-order valence-corrected chi connectivity index (χ0v) is 20.3. The molecule has 172 valence electrons. The van der Waals surface area contributed by atoms with Crippen LogP contribution in [0.4, 0.5) is 5.69 Å². The molecule has 2 amide bonds. The van der Waals surface area contributed by atoms with Gasteiger partial charge in [-0.05, 0) is 63.3 Å². The lowest BCUT2D eigenvalue weighted by Crippen LogP contribution is -2.50. The summed E-state index contributed by atoms with van der Waals surface area (Å²) in [7, 11) is 2.10. The van der Waals surface area contributed by atoms with Crippen molar-refractivity contribution in [2.75, 3.05) is 38.1 Å². The van der Waals surface area contributed by atoms with Crippen LogP contribution in [0, 0.1) is 18.8 Å². The van der Waals surface area contributed by atoms with E-state index in [1.54, 1.807) is 6.07 Å². The molecule has 0 radical (unpaired) electrons. The second-order valence-electron chi connectivity index (χ2n) is 9.31. The largest absolute Gasteiger partial charge is 0.371 e. The van der Waals surface area contributed by atoms with Gasteiger partial charge in [-0.25, -0.2) is 0 Å². The predicted octanol–water partition coefficient (Wildman–Crippen LogP) is 3.46. The molecule has 0 spiro atoms. The summed E-state index contributed by atoms with van der Waals surface area (Å²) >= 11 is 6.43. The number of carbonyl (C=O) groups is 2. The Labute approximate surface area is 191 Å². The maximum Gasteiger partial charge on any atom is 0.251 e. The third-order valence-electron chi connectivity index (χ3n) is 7.14. The fourth-order valence-corrected chi connectivity index (χ4v) is 5.28. The Morgan fingerprint density at radius 3 is 2.58 bits per heavy atom. The van der Waals surface area contributed by atoms with E-state index in [-0.39, 0.29) is 29.7 Å². The van der Waals surface area contributed by atoms with Gasteiger partial charge >= 0.3 is 0 Å². The Bertz CT molecular complexity index is 807. The highest BCUT2D eigenvalue weighted by molar-refractivity contribution is 6.31. The molecule has 3 unspecified atom stereocenters. The van der Waals surface area contributed by atoms with E-state index in [4.69, 9.17) is 11.6 Å². The van der Waals surface area contributed by atoms with Crippen LogP contribution in [0.5, 0.6) is 0 Å². The fraction of sp³-hybridized carbons (Fsp3) is 0.667. The number of nitrogens with zero attached hydrogens (tertiary/aromatic N) is 2. The van der Waals surface area contributed by atoms with Gasteiger partial charge in [-0.1, -0.05) is 25.4 Å². The van der Waals surface area contributed by atoms with E-state index >= 15 is 0 Å². The average Bonchev–Trinajstić information content (AvgIpc) is 2.73. The molecule has 3 atom stereocenters. The molecular formula is C24H37ClN4O2. The summed E-state index contributed by atoms with van der Waals surface area (Å²) in [5, 5.41) is 6.53. The maximum atomic E-state index is 13.0. The Morgan fingerprint density at radius 1 is 1.29 bits per heavy atom. The van der Waals surface area contributed by atoms with Crippen LogP contribution in [-0.2, 0) is 4.79 Å². The molecule has 2 saturated heterocycles. The standard InChI is InChI=1S/C24H37ClN4O2/c1-6-29-9-7-19(8-10-29)28(5)22-13-18(25)12-20(17(22)4)23(30)26-14-21-15(2)11-16(3)27-24(21)31/h12-13,15-16,19,21H,6-11,14H2,1-5H3,(H,26,30)(H,27,31). The number of halogens is 1. The first-order chi connectivity index (χ1) is 14.7. The minimum Gasteiger partial charge on any atom is -0.371 e. The summed E-state index contributed by atoms with van der Waals surface area (Å²) in [6.45, 7) is 11.9. The summed E-state index contributed by atoms with van der Waals surface area (Å²) in [6.07, 6.45) is 3.13. The first-order valence-corrected chi connectivity index (χ1v) is 11.9. The molecule has 31 heavy (non-hydrogen) atoms. The van der Waals surface area contributed by atoms with Crippen LogP contribution in [0.3, 0.4) is 0 Å². The number of piperidine rings is 2. The minimum absolute atomic E-state index is 0.0215. The summed E-state index contributed by atoms with van der Waals surface area (Å²) in [4.78, 5) is 30.1. The van der Waals surface area contributed by atoms with E-state index < -0.39 is 0 Å². The van der Waals surface area contributed by atoms with Gasteiger partial charge in [0, 0.05) is 55.0 Å². The van der Waals surface area contributed by atoms with Gasteiger partial charge in [-0.3, -0.25) is 9.59 Å². The van der Waals surface area contributed by atoms with Crippen LogP contribution in [0.25, 0.3) is 0 Å². The van der Waals surface area contributed by atoms with Gasteiger partial charge in [0.2, 0.25) is 5.91 Å². The Balaban J connectivity index is 1.71. The monoisotopic (exact) mass is 448 g/mol. The molecule has 0 bridgehead atoms. The highest BCUT2D eigenvalue weighted by Crippen LogP contribution is 2.31. The van der Waals surface area contributed by atoms with Crippen molar-refractivity contribution >= 4 is 29.1 Å². The highest BCUT2D eigenvalue weighted by Gasteiger charge is 2.32. The number of rotatable bonds is 6. The van der Waals surface area contributed by atoms with Gasteiger partial charge in [0.25, 0.3) is 5.91 Å². The van der Waals surface area contributed by atoms with Crippen molar-refractivity contribution in [1.29, 1.82) is 0 Å². The van der Waals surface area contributed by atoms with Crippen LogP contribution < -0.4 is 15.5 Å². The Morgan fingerprint density at radius 2 is 1.97 bits per heavy atom. The second kappa shape index (κ2) is 10.2. The van der Waals surface area contributed by atoms with E-state index in [1.807, 2.05) is 19.9 Å². The van der Waals surface area contributed by atoms with E-state index in [9.17, 15) is 9.59 Å². The lowest BCUT2D eigenvalue weighted by atomic mass is 9.84. The molecule has 6 nitrogen and oxygen atoms in total. The van der Waals surface area contributed by atoms with Gasteiger partial charge in [0.05, 0.1) is 5.92 Å². The van der Waals surface area contributed by atoms with Crippen molar-refractivity contribution < 1.29 is 9.59 Å². The topological polar surface area (TPSA) is 64.7 Å². The van der Waals surface area contributed by atoms with Crippen molar-refractivity contribution in [2.24, 2.45) is 11.8 Å². The van der Waals surface area contributed by atoms with Crippen molar-refractivity contribution in [3.05, 3.63) is 28.3 Å². The van der Waals surface area contributed by atoms with E-state index in [0.29, 0.717) is 23.2 Å². The molecule has 2 heterocycles. The summed E-state index contributed by atoms with van der Waals surface area (Å²) in [5.41, 5.74) is 2.51. The van der Waals surface area contributed by atoms with E-state index in [1.165, 1.54) is 0 Å². The zero-order chi connectivity index (χ0) is 22.7. The summed E-state index contributed by atoms with van der Waals surface area (Å²) < 4.78 is 0.